The van der Waals surface area contributed by atoms with Crippen LogP contribution in [0.4, 0.5) is 9.59 Å². The average Bonchev–Trinajstić information content (AvgIpc) is 3.13. The highest BCUT2D eigenvalue weighted by Crippen LogP contribution is 2.42. The van der Waals surface area contributed by atoms with E-state index in [9.17, 15) is 19.2 Å². The van der Waals surface area contributed by atoms with Gasteiger partial charge >= 0.3 is 12.1 Å². The molecule has 20 heavy (non-hydrogen) atoms. The molecule has 6 amide bonds. The summed E-state index contributed by atoms with van der Waals surface area (Å²) in [6.45, 7) is 1.96. The minimum absolute atomic E-state index is 0.147. The second-order valence-corrected chi connectivity index (χ2v) is 5.58. The van der Waals surface area contributed by atoms with Crippen LogP contribution in [0.2, 0.25) is 0 Å². The van der Waals surface area contributed by atoms with Crippen LogP contribution in [0.3, 0.4) is 0 Å². The van der Waals surface area contributed by atoms with Gasteiger partial charge in [-0.15, -0.1) is 0 Å². The van der Waals surface area contributed by atoms with Crippen molar-refractivity contribution in [1.82, 2.24) is 20.4 Å². The molecule has 3 rings (SSSR count). The molecule has 0 aromatic carbocycles. The van der Waals surface area contributed by atoms with E-state index in [0.29, 0.717) is 6.54 Å². The number of carbonyl (C=O) groups is 4. The first-order valence-corrected chi connectivity index (χ1v) is 6.66. The first kappa shape index (κ1) is 12.9. The largest absolute Gasteiger partial charge is 0.336 e. The van der Waals surface area contributed by atoms with Crippen LogP contribution in [0.5, 0.6) is 0 Å². The monoisotopic (exact) mass is 280 g/mol. The molecule has 2 saturated heterocycles. The van der Waals surface area contributed by atoms with Crippen LogP contribution in [0.15, 0.2) is 0 Å². The van der Waals surface area contributed by atoms with Crippen LogP contribution in [-0.4, -0.2) is 58.8 Å². The van der Waals surface area contributed by atoms with Crippen LogP contribution in [-0.2, 0) is 9.59 Å². The SMILES string of the molecule is C[C@@]1(C2CC2)NC(=O)N(CC(=O)N2CCNC2=O)C1=O. The summed E-state index contributed by atoms with van der Waals surface area (Å²) < 4.78 is 0. The lowest BCUT2D eigenvalue weighted by Crippen LogP contribution is -2.47. The van der Waals surface area contributed by atoms with Gasteiger partial charge in [0.2, 0.25) is 0 Å². The lowest BCUT2D eigenvalue weighted by atomic mass is 9.96. The van der Waals surface area contributed by atoms with Gasteiger partial charge in [-0.3, -0.25) is 19.4 Å². The Morgan fingerprint density at radius 3 is 2.55 bits per heavy atom. The highest BCUT2D eigenvalue weighted by atomic mass is 16.2. The zero-order valence-electron chi connectivity index (χ0n) is 11.1. The second kappa shape index (κ2) is 4.19. The summed E-state index contributed by atoms with van der Waals surface area (Å²) in [6.07, 6.45) is 1.80. The van der Waals surface area contributed by atoms with E-state index in [1.165, 1.54) is 0 Å². The number of urea groups is 2. The van der Waals surface area contributed by atoms with Gasteiger partial charge in [-0.05, 0) is 25.7 Å². The van der Waals surface area contributed by atoms with Crippen molar-refractivity contribution in [3.63, 3.8) is 0 Å². The topological polar surface area (TPSA) is 98.8 Å². The van der Waals surface area contributed by atoms with Crippen LogP contribution in [0.25, 0.3) is 0 Å². The number of rotatable bonds is 3. The number of hydrogen-bond donors (Lipinski definition) is 2. The fraction of sp³-hybridized carbons (Fsp3) is 0.667. The van der Waals surface area contributed by atoms with Crippen molar-refractivity contribution in [2.45, 2.75) is 25.3 Å². The lowest BCUT2D eigenvalue weighted by molar-refractivity contribution is -0.137. The summed E-state index contributed by atoms with van der Waals surface area (Å²) in [5, 5.41) is 5.17. The van der Waals surface area contributed by atoms with Crippen LogP contribution in [0.1, 0.15) is 19.8 Å². The summed E-state index contributed by atoms with van der Waals surface area (Å²) in [5.74, 6) is -0.768. The van der Waals surface area contributed by atoms with E-state index >= 15 is 0 Å². The average molecular weight is 280 g/mol. The number of nitrogens with zero attached hydrogens (tertiary/aromatic N) is 2. The predicted octanol–water partition coefficient (Wildman–Crippen LogP) is -0.741. The van der Waals surface area contributed by atoms with Gasteiger partial charge in [0.05, 0.1) is 0 Å². The minimum Gasteiger partial charge on any atom is -0.336 e. The van der Waals surface area contributed by atoms with Gasteiger partial charge in [-0.2, -0.15) is 0 Å². The molecule has 108 valence electrons. The molecule has 0 aromatic heterocycles. The van der Waals surface area contributed by atoms with Crippen LogP contribution in [0, 0.1) is 5.92 Å². The third-order valence-corrected chi connectivity index (χ3v) is 4.15. The molecule has 2 aliphatic heterocycles. The number of nitrogens with one attached hydrogen (secondary N) is 2. The normalized spacial score (nSPS) is 29.8. The Bertz CT molecular complexity index is 516. The van der Waals surface area contributed by atoms with Crippen LogP contribution >= 0.6 is 0 Å². The second-order valence-electron chi connectivity index (χ2n) is 5.58. The lowest BCUT2D eigenvalue weighted by Gasteiger charge is -2.21. The minimum atomic E-state index is -0.898. The van der Waals surface area contributed by atoms with Crippen molar-refractivity contribution in [2.24, 2.45) is 5.92 Å². The smallest absolute Gasteiger partial charge is 0.325 e. The summed E-state index contributed by atoms with van der Waals surface area (Å²) in [7, 11) is 0. The Morgan fingerprint density at radius 2 is 2.00 bits per heavy atom. The van der Waals surface area contributed by atoms with Crippen molar-refractivity contribution < 1.29 is 19.2 Å². The van der Waals surface area contributed by atoms with Gasteiger partial charge in [-0.25, -0.2) is 9.59 Å². The summed E-state index contributed by atoms with van der Waals surface area (Å²) in [4.78, 5) is 49.5. The molecule has 1 atom stereocenters. The maximum Gasteiger partial charge on any atom is 0.325 e. The van der Waals surface area contributed by atoms with Crippen LogP contribution < -0.4 is 10.6 Å². The Balaban J connectivity index is 1.71. The van der Waals surface area contributed by atoms with Gasteiger partial charge < -0.3 is 10.6 Å². The van der Waals surface area contributed by atoms with Gasteiger partial charge in [0.25, 0.3) is 11.8 Å². The summed E-state index contributed by atoms with van der Waals surface area (Å²) in [6, 6.07) is -1.04. The zero-order chi connectivity index (χ0) is 14.5. The molecular formula is C12H16N4O4. The third kappa shape index (κ3) is 1.83. The summed E-state index contributed by atoms with van der Waals surface area (Å²) >= 11 is 0. The van der Waals surface area contributed by atoms with Crippen molar-refractivity contribution >= 4 is 23.9 Å². The Morgan fingerprint density at radius 1 is 1.30 bits per heavy atom. The molecule has 0 aromatic rings. The molecule has 2 N–H and O–H groups in total. The van der Waals surface area contributed by atoms with Gasteiger partial charge in [0, 0.05) is 13.1 Å². The van der Waals surface area contributed by atoms with Crippen molar-refractivity contribution in [1.29, 1.82) is 0 Å². The fourth-order valence-electron chi connectivity index (χ4n) is 2.73. The Hall–Kier alpha value is -2.12. The molecule has 0 spiro atoms. The van der Waals surface area contributed by atoms with E-state index in [4.69, 9.17) is 0 Å². The van der Waals surface area contributed by atoms with Crippen molar-refractivity contribution in [3.05, 3.63) is 0 Å². The standard InChI is InChI=1S/C12H16N4O4/c1-12(7-2-3-7)9(18)16(11(20)14-12)6-8(17)15-5-4-13-10(15)19/h7H,2-6H2,1H3,(H,13,19)(H,14,20)/t12-/m0/s1. The molecule has 8 nitrogen and oxygen atoms in total. The Labute approximate surface area is 115 Å². The van der Waals surface area contributed by atoms with E-state index in [0.717, 1.165) is 22.6 Å². The molecule has 3 fully saturated rings. The van der Waals surface area contributed by atoms with Crippen molar-refractivity contribution in [3.8, 4) is 0 Å². The van der Waals surface area contributed by atoms with Gasteiger partial charge in [0.15, 0.2) is 0 Å². The molecular weight excluding hydrogens is 264 g/mol. The zero-order valence-corrected chi connectivity index (χ0v) is 11.1. The molecule has 1 saturated carbocycles. The van der Waals surface area contributed by atoms with Crippen molar-refractivity contribution in [2.75, 3.05) is 19.6 Å². The maximum absolute atomic E-state index is 12.3. The Kier molecular flexibility index (Phi) is 2.70. The van der Waals surface area contributed by atoms with E-state index in [1.807, 2.05) is 0 Å². The third-order valence-electron chi connectivity index (χ3n) is 4.15. The first-order valence-electron chi connectivity index (χ1n) is 6.66. The molecule has 8 heteroatoms. The van der Waals surface area contributed by atoms with Gasteiger partial charge in [-0.1, -0.05) is 0 Å². The number of carbonyl (C=O) groups excluding carboxylic acids is 4. The molecule has 3 aliphatic rings. The maximum atomic E-state index is 12.3. The fourth-order valence-corrected chi connectivity index (χ4v) is 2.73. The van der Waals surface area contributed by atoms with E-state index < -0.39 is 23.5 Å². The first-order chi connectivity index (χ1) is 9.43. The van der Waals surface area contributed by atoms with E-state index in [2.05, 4.69) is 10.6 Å². The molecule has 2 heterocycles. The highest BCUT2D eigenvalue weighted by Gasteiger charge is 2.56. The number of imide groups is 2. The molecule has 0 bridgehead atoms. The number of amides is 6. The van der Waals surface area contributed by atoms with E-state index in [-0.39, 0.29) is 24.9 Å². The summed E-state index contributed by atoms with van der Waals surface area (Å²) in [5.41, 5.74) is -0.898. The predicted molar refractivity (Wildman–Crippen MR) is 66.5 cm³/mol. The quantitative estimate of drug-likeness (QED) is 0.665. The molecule has 1 aliphatic carbocycles. The highest BCUT2D eigenvalue weighted by molar-refractivity contribution is 6.10. The van der Waals surface area contributed by atoms with E-state index in [1.54, 1.807) is 6.92 Å². The molecule has 0 radical (unpaired) electrons. The van der Waals surface area contributed by atoms with Gasteiger partial charge in [0.1, 0.15) is 12.1 Å². The molecule has 0 unspecified atom stereocenters. The number of hydrogen-bond acceptors (Lipinski definition) is 4.